The molecule has 5 heterocycles. The van der Waals surface area contributed by atoms with Gasteiger partial charge in [0.05, 0.1) is 39.5 Å². The van der Waals surface area contributed by atoms with Crippen molar-refractivity contribution in [3.8, 4) is 51.0 Å². The summed E-state index contributed by atoms with van der Waals surface area (Å²) in [5.41, 5.74) is 9.68. The van der Waals surface area contributed by atoms with Gasteiger partial charge in [0.25, 0.3) is 0 Å². The van der Waals surface area contributed by atoms with Gasteiger partial charge in [0.2, 0.25) is 0 Å². The highest BCUT2D eigenvalue weighted by molar-refractivity contribution is 6.08. The number of hydrogen-bond donors (Lipinski definition) is 0. The van der Waals surface area contributed by atoms with E-state index in [0.29, 0.717) is 0 Å². The van der Waals surface area contributed by atoms with Crippen LogP contribution in [0.5, 0.6) is 0 Å². The van der Waals surface area contributed by atoms with Crippen LogP contribution in [0.15, 0.2) is 152 Å². The van der Waals surface area contributed by atoms with Gasteiger partial charge < -0.3 is 0 Å². The van der Waals surface area contributed by atoms with Crippen LogP contribution in [0, 0.1) is 0 Å². The SMILES string of the molecule is c1ccc(-c2cccc(-c3cccc(-c4cccc(-c5cccc(-n6c7ccccc7c7cnccc76)n5)n4)n3)c2)cc1. The second-order valence-electron chi connectivity index (χ2n) is 10.4. The first-order valence-electron chi connectivity index (χ1n) is 14.2. The molecule has 8 aromatic rings. The van der Waals surface area contributed by atoms with E-state index in [2.05, 4.69) is 82.3 Å². The standard InChI is InChI=1S/C38H25N5/c1-2-10-26(11-3-1)27-12-6-13-28(24-27)31-15-7-16-32(40-31)33-17-8-18-34(41-33)35-19-9-21-38(42-35)43-36-20-5-4-14-29(36)30-25-39-23-22-37(30)43/h1-25H. The maximum absolute atomic E-state index is 5.08. The monoisotopic (exact) mass is 551 g/mol. The van der Waals surface area contributed by atoms with Crippen molar-refractivity contribution in [2.75, 3.05) is 0 Å². The lowest BCUT2D eigenvalue weighted by atomic mass is 10.0. The summed E-state index contributed by atoms with van der Waals surface area (Å²) in [6.45, 7) is 0. The first-order chi connectivity index (χ1) is 21.3. The van der Waals surface area contributed by atoms with E-state index in [1.165, 1.54) is 5.56 Å². The van der Waals surface area contributed by atoms with Crippen molar-refractivity contribution in [3.63, 3.8) is 0 Å². The lowest BCUT2D eigenvalue weighted by Crippen LogP contribution is -1.99. The molecule has 0 aliphatic carbocycles. The predicted octanol–water partition coefficient (Wildman–Crippen LogP) is 9.03. The molecule has 0 aliphatic rings. The minimum Gasteiger partial charge on any atom is -0.294 e. The second-order valence-corrected chi connectivity index (χ2v) is 10.4. The fourth-order valence-corrected chi connectivity index (χ4v) is 5.70. The summed E-state index contributed by atoms with van der Waals surface area (Å²) < 4.78 is 2.19. The highest BCUT2D eigenvalue weighted by Crippen LogP contribution is 2.32. The topological polar surface area (TPSA) is 56.5 Å². The van der Waals surface area contributed by atoms with Crippen molar-refractivity contribution in [1.82, 2.24) is 24.5 Å². The van der Waals surface area contributed by atoms with Gasteiger partial charge in [-0.2, -0.15) is 0 Å². The number of fused-ring (bicyclic) bond motifs is 3. The maximum Gasteiger partial charge on any atom is 0.138 e. The molecule has 0 radical (unpaired) electrons. The average Bonchev–Trinajstić information content (AvgIpc) is 3.43. The molecule has 8 rings (SSSR count). The number of nitrogens with zero attached hydrogens (tertiary/aromatic N) is 5. The fourth-order valence-electron chi connectivity index (χ4n) is 5.70. The van der Waals surface area contributed by atoms with Crippen LogP contribution in [0.4, 0.5) is 0 Å². The number of hydrogen-bond acceptors (Lipinski definition) is 4. The molecular formula is C38H25N5. The third-order valence-electron chi connectivity index (χ3n) is 7.73. The Labute approximate surface area is 248 Å². The number of rotatable bonds is 5. The van der Waals surface area contributed by atoms with Crippen molar-refractivity contribution in [2.24, 2.45) is 0 Å². The first kappa shape index (κ1) is 24.8. The molecule has 0 N–H and O–H groups in total. The Balaban J connectivity index is 1.17. The molecule has 0 saturated heterocycles. The van der Waals surface area contributed by atoms with Crippen molar-refractivity contribution in [3.05, 3.63) is 152 Å². The summed E-state index contributed by atoms with van der Waals surface area (Å²) in [6, 6.07) is 47.5. The minimum absolute atomic E-state index is 0.792. The van der Waals surface area contributed by atoms with Gasteiger partial charge in [-0.1, -0.05) is 84.9 Å². The van der Waals surface area contributed by atoms with Gasteiger partial charge >= 0.3 is 0 Å². The molecule has 0 atom stereocenters. The minimum atomic E-state index is 0.792. The Kier molecular flexibility index (Phi) is 6.05. The molecule has 0 saturated carbocycles. The third-order valence-corrected chi connectivity index (χ3v) is 7.73. The largest absolute Gasteiger partial charge is 0.294 e. The van der Waals surface area contributed by atoms with Crippen LogP contribution in [0.3, 0.4) is 0 Å². The van der Waals surface area contributed by atoms with Crippen LogP contribution in [-0.2, 0) is 0 Å². The van der Waals surface area contributed by atoms with Crippen LogP contribution in [0.2, 0.25) is 0 Å². The molecule has 0 amide bonds. The summed E-state index contributed by atoms with van der Waals surface area (Å²) in [5, 5.41) is 2.25. The molecule has 0 fully saturated rings. The second kappa shape index (κ2) is 10.5. The van der Waals surface area contributed by atoms with Gasteiger partial charge in [-0.05, 0) is 65.7 Å². The summed E-state index contributed by atoms with van der Waals surface area (Å²) in [6.07, 6.45) is 3.74. The lowest BCUT2D eigenvalue weighted by Gasteiger charge is -2.10. The van der Waals surface area contributed by atoms with Crippen LogP contribution in [-0.4, -0.2) is 24.5 Å². The normalized spacial score (nSPS) is 11.3. The summed E-state index contributed by atoms with van der Waals surface area (Å²) >= 11 is 0. The van der Waals surface area contributed by atoms with Crippen molar-refractivity contribution in [2.45, 2.75) is 0 Å². The first-order valence-corrected chi connectivity index (χ1v) is 14.2. The van der Waals surface area contributed by atoms with Gasteiger partial charge in [0.1, 0.15) is 5.82 Å². The van der Waals surface area contributed by atoms with Crippen molar-refractivity contribution >= 4 is 21.8 Å². The van der Waals surface area contributed by atoms with E-state index in [4.69, 9.17) is 15.0 Å². The quantitative estimate of drug-likeness (QED) is 0.214. The maximum atomic E-state index is 5.08. The lowest BCUT2D eigenvalue weighted by molar-refractivity contribution is 1.07. The van der Waals surface area contributed by atoms with E-state index < -0.39 is 0 Å². The highest BCUT2D eigenvalue weighted by Gasteiger charge is 2.14. The summed E-state index contributed by atoms with van der Waals surface area (Å²) in [5.74, 6) is 0.834. The number of benzene rings is 3. The van der Waals surface area contributed by atoms with Crippen molar-refractivity contribution in [1.29, 1.82) is 0 Å². The van der Waals surface area contributed by atoms with Crippen LogP contribution >= 0.6 is 0 Å². The Morgan fingerprint density at radius 2 is 0.977 bits per heavy atom. The molecule has 202 valence electrons. The third kappa shape index (κ3) is 4.53. The molecule has 0 bridgehead atoms. The van der Waals surface area contributed by atoms with E-state index in [-0.39, 0.29) is 0 Å². The molecule has 43 heavy (non-hydrogen) atoms. The molecule has 5 heteroatoms. The summed E-state index contributed by atoms with van der Waals surface area (Å²) in [7, 11) is 0. The van der Waals surface area contributed by atoms with E-state index >= 15 is 0 Å². The van der Waals surface area contributed by atoms with E-state index in [1.807, 2.05) is 79.1 Å². The number of aromatic nitrogens is 5. The van der Waals surface area contributed by atoms with Crippen molar-refractivity contribution < 1.29 is 0 Å². The predicted molar refractivity (Wildman–Crippen MR) is 174 cm³/mol. The van der Waals surface area contributed by atoms with Gasteiger partial charge in [0.15, 0.2) is 0 Å². The number of pyridine rings is 4. The van der Waals surface area contributed by atoms with Crippen LogP contribution in [0.25, 0.3) is 72.8 Å². The molecule has 3 aromatic carbocycles. The van der Waals surface area contributed by atoms with Crippen LogP contribution < -0.4 is 0 Å². The Hall–Kier alpha value is -5.94. The zero-order valence-corrected chi connectivity index (χ0v) is 23.2. The molecule has 0 spiro atoms. The molecule has 0 aliphatic heterocycles. The Bertz CT molecular complexity index is 2200. The Morgan fingerprint density at radius 3 is 1.79 bits per heavy atom. The highest BCUT2D eigenvalue weighted by atomic mass is 15.1. The number of para-hydroxylation sites is 1. The fraction of sp³-hybridized carbons (Fsp3) is 0. The Morgan fingerprint density at radius 1 is 0.395 bits per heavy atom. The van der Waals surface area contributed by atoms with E-state index in [9.17, 15) is 0 Å². The van der Waals surface area contributed by atoms with Gasteiger partial charge in [0, 0.05) is 28.7 Å². The molecular weight excluding hydrogens is 526 g/mol. The zero-order chi connectivity index (χ0) is 28.6. The van der Waals surface area contributed by atoms with E-state index in [0.717, 1.165) is 67.2 Å². The average molecular weight is 552 g/mol. The van der Waals surface area contributed by atoms with Gasteiger partial charge in [-0.25, -0.2) is 15.0 Å². The van der Waals surface area contributed by atoms with Crippen LogP contribution in [0.1, 0.15) is 0 Å². The molecule has 5 nitrogen and oxygen atoms in total. The molecule has 0 unspecified atom stereocenters. The van der Waals surface area contributed by atoms with Gasteiger partial charge in [-0.15, -0.1) is 0 Å². The van der Waals surface area contributed by atoms with E-state index in [1.54, 1.807) is 0 Å². The zero-order valence-electron chi connectivity index (χ0n) is 23.2. The van der Waals surface area contributed by atoms with Gasteiger partial charge in [-0.3, -0.25) is 9.55 Å². The smallest absolute Gasteiger partial charge is 0.138 e. The molecule has 5 aromatic heterocycles. The summed E-state index contributed by atoms with van der Waals surface area (Å²) in [4.78, 5) is 19.5.